The Morgan fingerprint density at radius 2 is 1.84 bits per heavy atom. The highest BCUT2D eigenvalue weighted by molar-refractivity contribution is 5.99. The number of amides is 3. The molecule has 0 aliphatic carbocycles. The Labute approximate surface area is 222 Å². The summed E-state index contributed by atoms with van der Waals surface area (Å²) < 4.78 is 6.75. The molecule has 3 rings (SSSR count). The third-order valence-electron chi connectivity index (χ3n) is 9.19. The molecule has 3 amide bonds. The number of fused-ring (bicyclic) bond motifs is 1. The van der Waals surface area contributed by atoms with Gasteiger partial charge in [0.25, 0.3) is 0 Å². The first-order valence-corrected chi connectivity index (χ1v) is 13.9. The van der Waals surface area contributed by atoms with Crippen LogP contribution in [0.2, 0.25) is 0 Å². The van der Waals surface area contributed by atoms with Crippen LogP contribution in [0, 0.1) is 17.8 Å². The monoisotopic (exact) mass is 517 g/mol. The molecule has 3 saturated heterocycles. The molecule has 8 nitrogen and oxygen atoms in total. The number of ether oxygens (including phenoxy) is 1. The number of aliphatic hydroxyl groups is 1. The van der Waals surface area contributed by atoms with Crippen molar-refractivity contribution >= 4 is 17.7 Å². The molecule has 37 heavy (non-hydrogen) atoms. The summed E-state index contributed by atoms with van der Waals surface area (Å²) in [7, 11) is 1.71. The number of likely N-dealkylation sites (N-methyl/N-ethyl adjacent to an activating group) is 1. The van der Waals surface area contributed by atoms with E-state index in [1.165, 1.54) is 0 Å². The van der Waals surface area contributed by atoms with E-state index in [-0.39, 0.29) is 36.3 Å². The van der Waals surface area contributed by atoms with E-state index in [0.29, 0.717) is 25.9 Å². The average molecular weight is 518 g/mol. The minimum Gasteiger partial charge on any atom is -0.394 e. The number of likely N-dealkylation sites (tertiary alicyclic amines) is 1. The lowest BCUT2D eigenvalue weighted by molar-refractivity contribution is -0.158. The zero-order valence-corrected chi connectivity index (χ0v) is 23.6. The van der Waals surface area contributed by atoms with E-state index in [9.17, 15) is 19.5 Å². The van der Waals surface area contributed by atoms with Gasteiger partial charge in [-0.15, -0.1) is 13.2 Å². The van der Waals surface area contributed by atoms with Gasteiger partial charge in [-0.25, -0.2) is 0 Å². The van der Waals surface area contributed by atoms with Crippen molar-refractivity contribution in [2.75, 3.05) is 26.7 Å². The van der Waals surface area contributed by atoms with Crippen LogP contribution in [0.4, 0.5) is 0 Å². The Morgan fingerprint density at radius 1 is 1.19 bits per heavy atom. The molecular formula is C29H47N3O5. The number of rotatable bonds is 13. The summed E-state index contributed by atoms with van der Waals surface area (Å²) >= 11 is 0. The molecule has 8 heteroatoms. The number of aliphatic hydroxyl groups excluding tert-OH is 1. The molecule has 8 atom stereocenters. The number of carbonyl (C=O) groups is 3. The topological polar surface area (TPSA) is 90.4 Å². The second-order valence-electron chi connectivity index (χ2n) is 11.5. The predicted octanol–water partition coefficient (Wildman–Crippen LogP) is 3.01. The SMILES string of the molecule is C=CCN(C)C(=O)[C@H]1[C@H]2C(=O)N([C@@H](CO)[C@@H](C)CC)C(C(=O)N(CC=C)C(C)CCC)C23CC[C@]1(C)O3. The van der Waals surface area contributed by atoms with Gasteiger partial charge in [-0.3, -0.25) is 14.4 Å². The maximum Gasteiger partial charge on any atom is 0.248 e. The summed E-state index contributed by atoms with van der Waals surface area (Å²) in [5.74, 6) is -2.11. The fraction of sp³-hybridized carbons (Fsp3) is 0.759. The van der Waals surface area contributed by atoms with Gasteiger partial charge in [0.05, 0.1) is 30.1 Å². The van der Waals surface area contributed by atoms with Crippen LogP contribution >= 0.6 is 0 Å². The molecule has 3 fully saturated rings. The average Bonchev–Trinajstić information content (AvgIpc) is 3.43. The lowest BCUT2D eigenvalue weighted by Crippen LogP contribution is -2.61. The number of hydrogen-bond donors (Lipinski definition) is 1. The van der Waals surface area contributed by atoms with Crippen molar-refractivity contribution in [3.8, 4) is 0 Å². The van der Waals surface area contributed by atoms with Gasteiger partial charge in [0.2, 0.25) is 17.7 Å². The summed E-state index contributed by atoms with van der Waals surface area (Å²) in [6.07, 6.45) is 6.94. The van der Waals surface area contributed by atoms with Crippen LogP contribution < -0.4 is 0 Å². The van der Waals surface area contributed by atoms with E-state index in [4.69, 9.17) is 4.74 Å². The van der Waals surface area contributed by atoms with Crippen molar-refractivity contribution in [2.45, 2.75) is 96.1 Å². The molecule has 3 heterocycles. The van der Waals surface area contributed by atoms with Crippen molar-refractivity contribution in [3.63, 3.8) is 0 Å². The van der Waals surface area contributed by atoms with Crippen LogP contribution in [0.1, 0.15) is 66.7 Å². The number of carbonyl (C=O) groups excluding carboxylic acids is 3. The van der Waals surface area contributed by atoms with Crippen LogP contribution in [0.5, 0.6) is 0 Å². The Hall–Kier alpha value is -2.19. The zero-order chi connectivity index (χ0) is 27.7. The molecule has 0 saturated carbocycles. The third-order valence-corrected chi connectivity index (χ3v) is 9.19. The van der Waals surface area contributed by atoms with E-state index >= 15 is 0 Å². The lowest BCUT2D eigenvalue weighted by Gasteiger charge is -2.42. The van der Waals surface area contributed by atoms with Gasteiger partial charge in [0, 0.05) is 26.2 Å². The molecule has 0 radical (unpaired) electrons. The van der Waals surface area contributed by atoms with Crippen molar-refractivity contribution < 1.29 is 24.2 Å². The minimum absolute atomic E-state index is 0.0363. The first-order valence-electron chi connectivity index (χ1n) is 13.9. The van der Waals surface area contributed by atoms with Crippen LogP contribution in [0.3, 0.4) is 0 Å². The number of nitrogens with zero attached hydrogens (tertiary/aromatic N) is 3. The summed E-state index contributed by atoms with van der Waals surface area (Å²) in [4.78, 5) is 47.6. The zero-order valence-electron chi connectivity index (χ0n) is 23.6. The van der Waals surface area contributed by atoms with E-state index < -0.39 is 35.1 Å². The maximum absolute atomic E-state index is 14.5. The van der Waals surface area contributed by atoms with Crippen LogP contribution in [0.25, 0.3) is 0 Å². The van der Waals surface area contributed by atoms with Crippen LogP contribution in [-0.2, 0) is 19.1 Å². The first kappa shape index (κ1) is 29.4. The standard InChI is InChI=1S/C29H47N3O5/c1-9-13-20(6)31(17-11-3)27(36)24-29-15-14-28(7,37-29)22(25(34)30(8)16-10-2)23(29)26(35)32(24)21(18-33)19(5)12-4/h10-11,19-24,33H,2-3,9,12-18H2,1,4-8H3/t19-,20?,21-,22+,23-,24?,28-,29?/m0/s1. The fourth-order valence-electron chi connectivity index (χ4n) is 7.07. The maximum atomic E-state index is 14.5. The predicted molar refractivity (Wildman–Crippen MR) is 144 cm³/mol. The molecular weight excluding hydrogens is 470 g/mol. The second kappa shape index (κ2) is 11.3. The van der Waals surface area contributed by atoms with Gasteiger partial charge in [-0.1, -0.05) is 45.8 Å². The van der Waals surface area contributed by atoms with Crippen molar-refractivity contribution in [3.05, 3.63) is 25.3 Å². The van der Waals surface area contributed by atoms with Crippen molar-refractivity contribution in [2.24, 2.45) is 17.8 Å². The molecule has 3 unspecified atom stereocenters. The van der Waals surface area contributed by atoms with E-state index in [1.807, 2.05) is 27.7 Å². The smallest absolute Gasteiger partial charge is 0.248 e. The summed E-state index contributed by atoms with van der Waals surface area (Å²) in [5, 5.41) is 10.5. The Bertz CT molecular complexity index is 908. The molecule has 1 spiro atoms. The molecule has 1 N–H and O–H groups in total. The van der Waals surface area contributed by atoms with Crippen molar-refractivity contribution in [1.29, 1.82) is 0 Å². The fourth-order valence-corrected chi connectivity index (χ4v) is 7.07. The normalized spacial score (nSPS) is 32.6. The van der Waals surface area contributed by atoms with Crippen LogP contribution in [0.15, 0.2) is 25.3 Å². The molecule has 3 aliphatic heterocycles. The van der Waals surface area contributed by atoms with E-state index in [2.05, 4.69) is 20.1 Å². The quantitative estimate of drug-likeness (QED) is 0.379. The molecule has 208 valence electrons. The third kappa shape index (κ3) is 4.65. The van der Waals surface area contributed by atoms with Gasteiger partial charge in [0.1, 0.15) is 11.6 Å². The molecule has 3 aliphatic rings. The second-order valence-corrected chi connectivity index (χ2v) is 11.5. The summed E-state index contributed by atoms with van der Waals surface area (Å²) in [5.41, 5.74) is -1.94. The summed E-state index contributed by atoms with van der Waals surface area (Å²) in [6.45, 7) is 18.1. The molecule has 2 bridgehead atoms. The minimum atomic E-state index is -1.11. The van der Waals surface area contributed by atoms with Crippen molar-refractivity contribution in [1.82, 2.24) is 14.7 Å². The van der Waals surface area contributed by atoms with E-state index in [1.54, 1.807) is 33.9 Å². The Balaban J connectivity index is 2.17. The summed E-state index contributed by atoms with van der Waals surface area (Å²) in [6, 6.07) is -1.50. The van der Waals surface area contributed by atoms with Gasteiger partial charge in [0.15, 0.2) is 0 Å². The number of hydrogen-bond acceptors (Lipinski definition) is 5. The van der Waals surface area contributed by atoms with Gasteiger partial charge in [-0.2, -0.15) is 0 Å². The van der Waals surface area contributed by atoms with Gasteiger partial charge in [-0.05, 0) is 39.0 Å². The van der Waals surface area contributed by atoms with E-state index in [0.717, 1.165) is 19.3 Å². The Kier molecular flexibility index (Phi) is 8.95. The highest BCUT2D eigenvalue weighted by atomic mass is 16.5. The largest absolute Gasteiger partial charge is 0.394 e. The lowest BCUT2D eigenvalue weighted by atomic mass is 9.66. The molecule has 0 aromatic heterocycles. The van der Waals surface area contributed by atoms with Gasteiger partial charge < -0.3 is 24.5 Å². The highest BCUT2D eigenvalue weighted by Crippen LogP contribution is 2.64. The van der Waals surface area contributed by atoms with Gasteiger partial charge >= 0.3 is 0 Å². The highest BCUT2D eigenvalue weighted by Gasteiger charge is 2.79. The molecule has 0 aromatic carbocycles. The molecule has 0 aromatic rings. The van der Waals surface area contributed by atoms with Crippen LogP contribution in [-0.4, -0.2) is 93.6 Å². The first-order chi connectivity index (χ1) is 17.5. The Morgan fingerprint density at radius 3 is 2.38 bits per heavy atom.